The number of amides is 2. The lowest BCUT2D eigenvalue weighted by Gasteiger charge is -2.19. The topological polar surface area (TPSA) is 185 Å². The monoisotopic (exact) mass is 896 g/mol. The van der Waals surface area contributed by atoms with Crippen LogP contribution < -0.4 is 29.6 Å². The van der Waals surface area contributed by atoms with E-state index in [1.54, 1.807) is 38.1 Å². The molecule has 0 aliphatic carbocycles. The van der Waals surface area contributed by atoms with Gasteiger partial charge in [0, 0.05) is 33.2 Å². The van der Waals surface area contributed by atoms with Crippen LogP contribution in [0.2, 0.25) is 0 Å². The molecule has 2 amide bonds. The van der Waals surface area contributed by atoms with Gasteiger partial charge in [0.05, 0.1) is 39.6 Å². The van der Waals surface area contributed by atoms with Crippen LogP contribution >= 0.6 is 0 Å². The van der Waals surface area contributed by atoms with E-state index < -0.39 is 36.3 Å². The van der Waals surface area contributed by atoms with Crippen molar-refractivity contribution in [2.24, 2.45) is 0 Å². The molecule has 0 heterocycles. The van der Waals surface area contributed by atoms with E-state index >= 15 is 0 Å². The van der Waals surface area contributed by atoms with Crippen molar-refractivity contribution in [3.8, 4) is 23.0 Å². The molecule has 2 atom stereocenters. The Bertz CT molecular complexity index is 1700. The van der Waals surface area contributed by atoms with Gasteiger partial charge in [-0.3, -0.25) is 0 Å². The molecule has 3 aromatic carbocycles. The van der Waals surface area contributed by atoms with Crippen LogP contribution in [-0.2, 0) is 38.0 Å². The largest absolute Gasteiger partial charge is 0.491 e. The lowest BCUT2D eigenvalue weighted by atomic mass is 10.2. The zero-order valence-corrected chi connectivity index (χ0v) is 37.1. The average Bonchev–Trinajstić information content (AvgIpc) is 3.29. The minimum absolute atomic E-state index is 0. The van der Waals surface area contributed by atoms with Gasteiger partial charge in [-0.2, -0.15) is 0 Å². The lowest BCUT2D eigenvalue weighted by Crippen LogP contribution is -2.35. The maximum Gasteiger partial charge on any atom is 0.407 e. The second-order valence-corrected chi connectivity index (χ2v) is 14.4. The Labute approximate surface area is 379 Å². The standard InChI is InChI=1S/C48H64N2O14.2H2/c1-37(2)45(51)59-26-15-7-13-24-49-47(53)63-43(35-61-39-18-9-5-10-19-39)33-55-28-30-57-41-22-17-23-42(32-41)58-31-29-56-34-44(36-62-40-20-11-6-12-21-40)64-48(54)50-25-14-8-16-27-60-46(52)38(3)4;;/h5-6,9-12,17-23,32,43-44H,1,3,7-8,13-16,24-31,33-36H2,2,4H3,(H,49,53)(H,50,54);2*1H. The van der Waals surface area contributed by atoms with Crippen molar-refractivity contribution in [2.45, 2.75) is 64.6 Å². The normalized spacial score (nSPS) is 11.5. The summed E-state index contributed by atoms with van der Waals surface area (Å²) in [6.45, 7) is 12.9. The SMILES string of the molecule is C=C(C)C(=O)OCCCCCNC(=O)OC(COCCOc1cccc(OCCOCC(COc2ccccc2)OC(=O)NCCCCCOC(=O)C(=C)C)c1)COc1ccccc1.[HH].[HH]. The van der Waals surface area contributed by atoms with Gasteiger partial charge in [-0.05, 0) is 88.8 Å². The molecule has 0 saturated carbocycles. The van der Waals surface area contributed by atoms with Gasteiger partial charge in [-0.25, -0.2) is 19.2 Å². The Morgan fingerprint density at radius 3 is 1.30 bits per heavy atom. The lowest BCUT2D eigenvalue weighted by molar-refractivity contribution is -0.139. The first-order chi connectivity index (χ1) is 31.1. The third kappa shape index (κ3) is 25.0. The van der Waals surface area contributed by atoms with E-state index in [0.29, 0.717) is 86.1 Å². The summed E-state index contributed by atoms with van der Waals surface area (Å²) in [6.07, 6.45) is 1.66. The summed E-state index contributed by atoms with van der Waals surface area (Å²) < 4.78 is 56.4. The van der Waals surface area contributed by atoms with E-state index in [0.717, 1.165) is 12.8 Å². The number of unbranched alkanes of at least 4 members (excludes halogenated alkanes) is 4. The average molecular weight is 897 g/mol. The maximum atomic E-state index is 12.6. The number of hydrogen-bond acceptors (Lipinski definition) is 14. The minimum Gasteiger partial charge on any atom is -0.491 e. The van der Waals surface area contributed by atoms with Crippen molar-refractivity contribution in [2.75, 3.05) is 79.2 Å². The van der Waals surface area contributed by atoms with Crippen LogP contribution in [0, 0.1) is 0 Å². The number of nitrogens with one attached hydrogen (secondary N) is 2. The Hall–Kier alpha value is -6.26. The quantitative estimate of drug-likeness (QED) is 0.0255. The predicted octanol–water partition coefficient (Wildman–Crippen LogP) is 7.90. The summed E-state index contributed by atoms with van der Waals surface area (Å²) in [4.78, 5) is 48.1. The number of ether oxygens (including phenoxy) is 10. The Kier molecular flexibility index (Phi) is 26.4. The molecule has 0 radical (unpaired) electrons. The van der Waals surface area contributed by atoms with E-state index in [9.17, 15) is 19.2 Å². The molecule has 354 valence electrons. The summed E-state index contributed by atoms with van der Waals surface area (Å²) in [6, 6.07) is 25.5. The molecule has 2 N–H and O–H groups in total. The van der Waals surface area contributed by atoms with Gasteiger partial charge in [-0.15, -0.1) is 0 Å². The molecule has 0 aliphatic rings. The second kappa shape index (κ2) is 32.4. The van der Waals surface area contributed by atoms with Crippen LogP contribution in [0.15, 0.2) is 109 Å². The van der Waals surface area contributed by atoms with E-state index in [2.05, 4.69) is 23.8 Å². The fraction of sp³-hybridized carbons (Fsp3) is 0.458. The fourth-order valence-electron chi connectivity index (χ4n) is 5.32. The van der Waals surface area contributed by atoms with Crippen molar-refractivity contribution in [1.82, 2.24) is 10.6 Å². The van der Waals surface area contributed by atoms with Crippen molar-refractivity contribution >= 4 is 24.1 Å². The zero-order valence-electron chi connectivity index (χ0n) is 37.1. The smallest absolute Gasteiger partial charge is 0.407 e. The predicted molar refractivity (Wildman–Crippen MR) is 243 cm³/mol. The molecule has 0 bridgehead atoms. The number of hydrogen-bond donors (Lipinski definition) is 2. The van der Waals surface area contributed by atoms with E-state index in [1.165, 1.54) is 0 Å². The summed E-state index contributed by atoms with van der Waals surface area (Å²) >= 11 is 0. The van der Waals surface area contributed by atoms with Gasteiger partial charge >= 0.3 is 24.1 Å². The Morgan fingerprint density at radius 2 is 0.891 bits per heavy atom. The zero-order chi connectivity index (χ0) is 46.0. The van der Waals surface area contributed by atoms with Crippen LogP contribution in [0.1, 0.15) is 55.2 Å². The molecule has 0 aliphatic heterocycles. The van der Waals surface area contributed by atoms with E-state index in [1.807, 2.05) is 60.7 Å². The highest BCUT2D eigenvalue weighted by Crippen LogP contribution is 2.19. The summed E-state index contributed by atoms with van der Waals surface area (Å²) in [5, 5.41) is 5.49. The van der Waals surface area contributed by atoms with Gasteiger partial charge in [-0.1, -0.05) is 55.6 Å². The minimum atomic E-state index is -0.690. The van der Waals surface area contributed by atoms with Crippen molar-refractivity contribution in [3.63, 3.8) is 0 Å². The molecular formula is C48H68N2O14. The molecule has 2 unspecified atom stereocenters. The van der Waals surface area contributed by atoms with Gasteiger partial charge in [0.25, 0.3) is 0 Å². The molecule has 0 saturated heterocycles. The molecule has 64 heavy (non-hydrogen) atoms. The van der Waals surface area contributed by atoms with Crippen LogP contribution in [0.5, 0.6) is 23.0 Å². The number of esters is 2. The summed E-state index contributed by atoms with van der Waals surface area (Å²) in [7, 11) is 0. The third-order valence-corrected chi connectivity index (χ3v) is 8.66. The van der Waals surface area contributed by atoms with Crippen molar-refractivity contribution in [1.29, 1.82) is 0 Å². The number of carbonyl (C=O) groups excluding carboxylic acids is 4. The van der Waals surface area contributed by atoms with Gasteiger partial charge in [0.15, 0.2) is 12.2 Å². The molecule has 3 rings (SSSR count). The third-order valence-electron chi connectivity index (χ3n) is 8.66. The maximum absolute atomic E-state index is 12.6. The highest BCUT2D eigenvalue weighted by Gasteiger charge is 2.18. The first-order valence-corrected chi connectivity index (χ1v) is 21.5. The Morgan fingerprint density at radius 1 is 0.484 bits per heavy atom. The molecule has 16 heteroatoms. The fourth-order valence-corrected chi connectivity index (χ4v) is 5.32. The molecule has 16 nitrogen and oxygen atoms in total. The molecule has 0 spiro atoms. The second-order valence-electron chi connectivity index (χ2n) is 14.4. The van der Waals surface area contributed by atoms with Gasteiger partial charge < -0.3 is 58.0 Å². The first-order valence-electron chi connectivity index (χ1n) is 21.5. The van der Waals surface area contributed by atoms with Crippen LogP contribution in [-0.4, -0.2) is 115 Å². The van der Waals surface area contributed by atoms with Crippen LogP contribution in [0.3, 0.4) is 0 Å². The van der Waals surface area contributed by atoms with Crippen LogP contribution in [0.25, 0.3) is 0 Å². The van der Waals surface area contributed by atoms with Crippen LogP contribution in [0.4, 0.5) is 9.59 Å². The number of rotatable bonds is 34. The Balaban J connectivity index is 0.0000109. The van der Waals surface area contributed by atoms with Gasteiger partial charge in [0.2, 0.25) is 0 Å². The summed E-state index contributed by atoms with van der Waals surface area (Å²) in [5.74, 6) is 1.58. The summed E-state index contributed by atoms with van der Waals surface area (Å²) in [5.41, 5.74) is 0.716. The van der Waals surface area contributed by atoms with Crippen molar-refractivity contribution in [3.05, 3.63) is 109 Å². The highest BCUT2D eigenvalue weighted by molar-refractivity contribution is 5.87. The first kappa shape index (κ1) is 52.1. The van der Waals surface area contributed by atoms with E-state index in [-0.39, 0.29) is 55.7 Å². The number of carbonyl (C=O) groups is 4. The molecule has 3 aromatic rings. The van der Waals surface area contributed by atoms with Crippen molar-refractivity contribution < 1.29 is 69.4 Å². The molecule has 0 fully saturated rings. The number of benzene rings is 3. The number of alkyl carbamates (subject to hydrolysis) is 2. The highest BCUT2D eigenvalue weighted by atomic mass is 16.6. The molecule has 0 aromatic heterocycles. The number of para-hydroxylation sites is 2. The van der Waals surface area contributed by atoms with E-state index in [4.69, 9.17) is 47.4 Å². The molecular weight excluding hydrogens is 829 g/mol. The van der Waals surface area contributed by atoms with Gasteiger partial charge in [0.1, 0.15) is 49.4 Å².